The number of rotatable bonds is 17. The van der Waals surface area contributed by atoms with Gasteiger partial charge in [-0.25, -0.2) is 0 Å². The van der Waals surface area contributed by atoms with Gasteiger partial charge in [-0.2, -0.15) is 0 Å². The van der Waals surface area contributed by atoms with Gasteiger partial charge in [0.05, 0.1) is 18.8 Å². The summed E-state index contributed by atoms with van der Waals surface area (Å²) in [5, 5.41) is 24.7. The first-order chi connectivity index (χ1) is 19.0. The maximum Gasteiger partial charge on any atom is 0.307 e. The van der Waals surface area contributed by atoms with E-state index in [0.717, 1.165) is 19.3 Å². The fourth-order valence-electron chi connectivity index (χ4n) is 4.36. The molecule has 12 nitrogen and oxygen atoms in total. The molecule has 0 radical (unpaired) electrons. The van der Waals surface area contributed by atoms with Crippen molar-refractivity contribution >= 4 is 35.6 Å². The number of nitrogens with two attached hydrogens (primary N) is 3. The molecule has 3 unspecified atom stereocenters. The third-order valence-electron chi connectivity index (χ3n) is 5.46. The molecule has 0 aromatic rings. The summed E-state index contributed by atoms with van der Waals surface area (Å²) in [5.41, 5.74) is 15.1. The predicted octanol–water partition coefficient (Wildman–Crippen LogP) is 4.27. The number of aliphatic carboxylic acids is 3. The predicted molar refractivity (Wildman–Crippen MR) is 163 cm³/mol. The highest BCUT2D eigenvalue weighted by atomic mass is 16.4. The van der Waals surface area contributed by atoms with Gasteiger partial charge in [0.2, 0.25) is 17.7 Å². The summed E-state index contributed by atoms with van der Waals surface area (Å²) in [5.74, 6) is -2.63. The van der Waals surface area contributed by atoms with Gasteiger partial charge in [0.25, 0.3) is 0 Å². The quantitative estimate of drug-likeness (QED) is 0.138. The molecular formula is C30H59N3O9. The molecule has 3 amide bonds. The average Bonchev–Trinajstić information content (AvgIpc) is 2.70. The fourth-order valence-corrected chi connectivity index (χ4v) is 4.36. The van der Waals surface area contributed by atoms with Crippen LogP contribution in [0.3, 0.4) is 0 Å². The molecule has 0 aliphatic heterocycles. The van der Waals surface area contributed by atoms with Crippen LogP contribution in [-0.4, -0.2) is 50.9 Å². The Labute approximate surface area is 252 Å². The smallest absolute Gasteiger partial charge is 0.307 e. The molecule has 3 atom stereocenters. The Morgan fingerprint density at radius 3 is 0.786 bits per heavy atom. The highest BCUT2D eigenvalue weighted by molar-refractivity contribution is 5.82. The zero-order valence-corrected chi connectivity index (χ0v) is 27.2. The van der Waals surface area contributed by atoms with Crippen LogP contribution in [-0.2, 0) is 28.8 Å². The van der Waals surface area contributed by atoms with E-state index in [-0.39, 0.29) is 17.7 Å². The number of primary amides is 3. The maximum atomic E-state index is 10.4. The van der Waals surface area contributed by atoms with E-state index in [1.807, 2.05) is 0 Å². The number of carbonyl (C=O) groups excluding carboxylic acids is 3. The van der Waals surface area contributed by atoms with Crippen LogP contribution in [0, 0.1) is 41.4 Å². The average molecular weight is 606 g/mol. The lowest BCUT2D eigenvalue weighted by Gasteiger charge is -2.10. The first-order valence-electron chi connectivity index (χ1n) is 14.5. The van der Waals surface area contributed by atoms with E-state index in [1.54, 1.807) is 0 Å². The Morgan fingerprint density at radius 2 is 0.667 bits per heavy atom. The Balaban J connectivity index is -0.000000230. The van der Waals surface area contributed by atoms with E-state index in [0.29, 0.717) is 54.8 Å². The van der Waals surface area contributed by atoms with Gasteiger partial charge in [-0.1, -0.05) is 62.3 Å². The zero-order valence-electron chi connectivity index (χ0n) is 27.2. The van der Waals surface area contributed by atoms with Gasteiger partial charge in [-0.3, -0.25) is 28.8 Å². The van der Waals surface area contributed by atoms with Gasteiger partial charge in [-0.15, -0.1) is 0 Å². The molecule has 0 saturated carbocycles. The molecule has 0 aromatic carbocycles. The minimum absolute atomic E-state index is 0.187. The molecule has 0 aliphatic carbocycles. The molecule has 0 aliphatic rings. The second kappa shape index (κ2) is 26.7. The number of carboxylic acids is 3. The summed E-state index contributed by atoms with van der Waals surface area (Å²) < 4.78 is 0. The lowest BCUT2D eigenvalue weighted by molar-refractivity contribution is -0.152. The highest BCUT2D eigenvalue weighted by Crippen LogP contribution is 2.15. The first kappa shape index (κ1) is 45.8. The summed E-state index contributed by atoms with van der Waals surface area (Å²) in [6, 6.07) is 0. The molecule has 12 heteroatoms. The number of carboxylic acid groups (broad SMARTS) is 3. The Bertz CT molecular complexity index is 716. The first-order valence-corrected chi connectivity index (χ1v) is 14.5. The van der Waals surface area contributed by atoms with Crippen LogP contribution in [0.25, 0.3) is 0 Å². The number of carbonyl (C=O) groups is 6. The van der Waals surface area contributed by atoms with Gasteiger partial charge < -0.3 is 32.5 Å². The van der Waals surface area contributed by atoms with Crippen LogP contribution in [0.1, 0.15) is 114 Å². The molecule has 248 valence electrons. The second-order valence-electron chi connectivity index (χ2n) is 12.4. The van der Waals surface area contributed by atoms with E-state index in [4.69, 9.17) is 32.5 Å². The standard InChI is InChI=1S/3C8H17NO.C6H8O6/c3*1-6(2)4-7(3)5-8(9)10;7-4(8)1-3(6(11)12)2-5(9)10/h3*6-7H,4-5H2,1-3H3,(H2,9,10);3H,1-2H2,(H,7,8)(H,9,10)(H,11,12). The molecule has 9 N–H and O–H groups in total. The maximum absolute atomic E-state index is 10.4. The van der Waals surface area contributed by atoms with E-state index >= 15 is 0 Å². The second-order valence-corrected chi connectivity index (χ2v) is 12.4. The van der Waals surface area contributed by atoms with Crippen molar-refractivity contribution in [1.82, 2.24) is 0 Å². The van der Waals surface area contributed by atoms with Crippen LogP contribution in [0.5, 0.6) is 0 Å². The monoisotopic (exact) mass is 605 g/mol. The molecule has 0 rings (SSSR count). The van der Waals surface area contributed by atoms with Crippen LogP contribution in [0.15, 0.2) is 0 Å². The summed E-state index contributed by atoms with van der Waals surface area (Å²) in [7, 11) is 0. The molecule has 0 bridgehead atoms. The number of hydrogen-bond donors (Lipinski definition) is 6. The van der Waals surface area contributed by atoms with Gasteiger partial charge in [-0.05, 0) is 54.8 Å². The topological polar surface area (TPSA) is 241 Å². The lowest BCUT2D eigenvalue weighted by Crippen LogP contribution is -2.20. The third-order valence-corrected chi connectivity index (χ3v) is 5.46. The molecule has 42 heavy (non-hydrogen) atoms. The van der Waals surface area contributed by atoms with Gasteiger partial charge in [0.15, 0.2) is 0 Å². The lowest BCUT2D eigenvalue weighted by atomic mass is 9.96. The van der Waals surface area contributed by atoms with Crippen molar-refractivity contribution in [2.24, 2.45) is 58.6 Å². The molecule has 0 spiro atoms. The third kappa shape index (κ3) is 43.9. The molecule has 0 heterocycles. The van der Waals surface area contributed by atoms with E-state index < -0.39 is 36.7 Å². The number of hydrogen-bond acceptors (Lipinski definition) is 6. The van der Waals surface area contributed by atoms with Gasteiger partial charge in [0.1, 0.15) is 0 Å². The highest BCUT2D eigenvalue weighted by Gasteiger charge is 2.23. The molecule has 0 fully saturated rings. The van der Waals surface area contributed by atoms with E-state index in [9.17, 15) is 28.8 Å². The largest absolute Gasteiger partial charge is 0.481 e. The molecule has 0 aromatic heterocycles. The van der Waals surface area contributed by atoms with Crippen molar-refractivity contribution in [3.8, 4) is 0 Å². The van der Waals surface area contributed by atoms with Crippen molar-refractivity contribution < 1.29 is 44.1 Å². The summed E-state index contributed by atoms with van der Waals surface area (Å²) >= 11 is 0. The molecule has 0 saturated heterocycles. The summed E-state index contributed by atoms with van der Waals surface area (Å²) in [6.45, 7) is 19.1. The molecular weight excluding hydrogens is 546 g/mol. The van der Waals surface area contributed by atoms with Crippen LogP contribution in [0.4, 0.5) is 0 Å². The number of amides is 3. The fraction of sp³-hybridized carbons (Fsp3) is 0.800. The van der Waals surface area contributed by atoms with Crippen molar-refractivity contribution in [2.45, 2.75) is 114 Å². The Hall–Kier alpha value is -3.18. The normalized spacial score (nSPS) is 12.5. The van der Waals surface area contributed by atoms with Crippen molar-refractivity contribution in [2.75, 3.05) is 0 Å². The SMILES string of the molecule is CC(C)CC(C)CC(N)=O.CC(C)CC(C)CC(N)=O.CC(C)CC(C)CC(N)=O.O=C(O)CC(CC(=O)O)C(=O)O. The van der Waals surface area contributed by atoms with Crippen LogP contribution >= 0.6 is 0 Å². The Kier molecular flexibility index (Phi) is 29.1. The zero-order chi connectivity index (χ0) is 34.2. The summed E-state index contributed by atoms with van der Waals surface area (Å²) in [4.78, 5) is 61.6. The minimum Gasteiger partial charge on any atom is -0.481 e. The van der Waals surface area contributed by atoms with E-state index in [1.165, 1.54) is 0 Å². The Morgan fingerprint density at radius 1 is 0.452 bits per heavy atom. The van der Waals surface area contributed by atoms with Crippen molar-refractivity contribution in [3.63, 3.8) is 0 Å². The minimum atomic E-state index is -1.40. The van der Waals surface area contributed by atoms with E-state index in [2.05, 4.69) is 62.3 Å². The van der Waals surface area contributed by atoms with Crippen molar-refractivity contribution in [1.29, 1.82) is 0 Å². The van der Waals surface area contributed by atoms with Crippen LogP contribution < -0.4 is 17.2 Å². The summed E-state index contributed by atoms with van der Waals surface area (Å²) in [6.07, 6.45) is 3.51. The van der Waals surface area contributed by atoms with Crippen molar-refractivity contribution in [3.05, 3.63) is 0 Å². The van der Waals surface area contributed by atoms with Gasteiger partial charge in [0, 0.05) is 19.3 Å². The van der Waals surface area contributed by atoms with Gasteiger partial charge >= 0.3 is 17.9 Å². The van der Waals surface area contributed by atoms with Crippen LogP contribution in [0.2, 0.25) is 0 Å².